The van der Waals surface area contributed by atoms with Crippen molar-refractivity contribution in [2.75, 3.05) is 13.1 Å². The Labute approximate surface area is 193 Å². The molecule has 0 aliphatic carbocycles. The molecule has 1 atom stereocenters. The Bertz CT molecular complexity index is 1400. The minimum absolute atomic E-state index is 0.163. The maximum absolute atomic E-state index is 13.5. The molecule has 1 aromatic heterocycles. The molecular weight excluding hydrogens is 434 g/mol. The second kappa shape index (κ2) is 9.00. The van der Waals surface area contributed by atoms with Crippen LogP contribution < -0.4 is 4.72 Å². The lowest BCUT2D eigenvalue weighted by Crippen LogP contribution is -2.50. The summed E-state index contributed by atoms with van der Waals surface area (Å²) >= 11 is 0. The third-order valence-electron chi connectivity index (χ3n) is 6.39. The van der Waals surface area contributed by atoms with Crippen LogP contribution in [0.5, 0.6) is 0 Å². The number of nitrogens with one attached hydrogen (secondary N) is 2. The molecule has 0 bridgehead atoms. The van der Waals surface area contributed by atoms with E-state index in [-0.39, 0.29) is 17.2 Å². The smallest absolute Gasteiger partial charge is 0.241 e. The largest absolute Gasteiger partial charge is 0.361 e. The van der Waals surface area contributed by atoms with Gasteiger partial charge in [-0.3, -0.25) is 4.79 Å². The molecular formula is C26H27N3O3S. The maximum atomic E-state index is 13.5. The van der Waals surface area contributed by atoms with Gasteiger partial charge in [0, 0.05) is 30.2 Å². The topological polar surface area (TPSA) is 82.3 Å². The fourth-order valence-electron chi connectivity index (χ4n) is 4.62. The number of hydrogen-bond donors (Lipinski definition) is 2. The van der Waals surface area contributed by atoms with E-state index in [1.54, 1.807) is 23.1 Å². The third-order valence-corrected chi connectivity index (χ3v) is 7.86. The molecule has 1 aliphatic rings. The highest BCUT2D eigenvalue weighted by Crippen LogP contribution is 2.23. The van der Waals surface area contributed by atoms with E-state index in [4.69, 9.17) is 0 Å². The maximum Gasteiger partial charge on any atom is 0.241 e. The number of amides is 1. The second-order valence-corrected chi connectivity index (χ2v) is 10.3. The van der Waals surface area contributed by atoms with E-state index in [2.05, 4.69) is 9.71 Å². The van der Waals surface area contributed by atoms with Crippen LogP contribution in [0.1, 0.15) is 24.8 Å². The zero-order chi connectivity index (χ0) is 22.8. The minimum atomic E-state index is -3.90. The molecule has 6 nitrogen and oxygen atoms in total. The summed E-state index contributed by atoms with van der Waals surface area (Å²) in [6.45, 7) is 1.34. The molecule has 3 aromatic carbocycles. The first-order valence-electron chi connectivity index (χ1n) is 11.4. The SMILES string of the molecule is O=C(C(Cc1c[nH]c2ccccc12)NS(=O)(=O)c1ccc2ccccc2c1)N1CCCCC1. The van der Waals surface area contributed by atoms with Gasteiger partial charge in [-0.2, -0.15) is 4.72 Å². The monoisotopic (exact) mass is 461 g/mol. The number of nitrogens with zero attached hydrogens (tertiary/aromatic N) is 1. The number of hydrogen-bond acceptors (Lipinski definition) is 3. The Hall–Kier alpha value is -3.16. The number of carbonyl (C=O) groups is 1. The molecule has 5 rings (SSSR count). The Kier molecular flexibility index (Phi) is 5.91. The van der Waals surface area contributed by atoms with Crippen molar-refractivity contribution < 1.29 is 13.2 Å². The van der Waals surface area contributed by atoms with Gasteiger partial charge >= 0.3 is 0 Å². The van der Waals surface area contributed by atoms with E-state index in [0.717, 1.165) is 46.5 Å². The number of H-pyrrole nitrogens is 1. The number of para-hydroxylation sites is 1. The van der Waals surface area contributed by atoms with Gasteiger partial charge in [0.05, 0.1) is 4.90 Å². The molecule has 1 unspecified atom stereocenters. The van der Waals surface area contributed by atoms with Crippen molar-refractivity contribution in [3.8, 4) is 0 Å². The van der Waals surface area contributed by atoms with Crippen LogP contribution in [0.15, 0.2) is 77.8 Å². The van der Waals surface area contributed by atoms with Gasteiger partial charge in [-0.1, -0.05) is 48.5 Å². The molecule has 1 amide bonds. The van der Waals surface area contributed by atoms with Crippen LogP contribution in [0.25, 0.3) is 21.7 Å². The molecule has 1 aliphatic heterocycles. The summed E-state index contributed by atoms with van der Waals surface area (Å²) in [6.07, 6.45) is 5.14. The van der Waals surface area contributed by atoms with Crippen LogP contribution in [0.3, 0.4) is 0 Å². The fourth-order valence-corrected chi connectivity index (χ4v) is 5.85. The average molecular weight is 462 g/mol. The summed E-state index contributed by atoms with van der Waals surface area (Å²) in [7, 11) is -3.90. The number of carbonyl (C=O) groups excluding carboxylic acids is 1. The number of aromatic nitrogens is 1. The molecule has 1 fully saturated rings. The van der Waals surface area contributed by atoms with E-state index < -0.39 is 16.1 Å². The van der Waals surface area contributed by atoms with Crippen LogP contribution in [0, 0.1) is 0 Å². The van der Waals surface area contributed by atoms with E-state index >= 15 is 0 Å². The fraction of sp³-hybridized carbons (Fsp3) is 0.269. The normalized spacial score (nSPS) is 15.7. The number of fused-ring (bicyclic) bond motifs is 2. The number of benzene rings is 3. The Morgan fingerprint density at radius 1 is 0.939 bits per heavy atom. The minimum Gasteiger partial charge on any atom is -0.361 e. The molecule has 0 saturated carbocycles. The van der Waals surface area contributed by atoms with Crippen molar-refractivity contribution in [3.05, 3.63) is 78.5 Å². The lowest BCUT2D eigenvalue weighted by Gasteiger charge is -2.30. The van der Waals surface area contributed by atoms with Crippen molar-refractivity contribution in [1.29, 1.82) is 0 Å². The summed E-state index contributed by atoms with van der Waals surface area (Å²) in [6, 6.07) is 19.7. The Morgan fingerprint density at radius 3 is 2.48 bits per heavy atom. The van der Waals surface area contributed by atoms with E-state index in [1.165, 1.54) is 0 Å². The number of aromatic amines is 1. The number of likely N-dealkylation sites (tertiary alicyclic amines) is 1. The van der Waals surface area contributed by atoms with Gasteiger partial charge in [0.15, 0.2) is 0 Å². The van der Waals surface area contributed by atoms with E-state index in [0.29, 0.717) is 13.1 Å². The van der Waals surface area contributed by atoms with Gasteiger partial charge < -0.3 is 9.88 Å². The summed E-state index contributed by atoms with van der Waals surface area (Å²) in [5.74, 6) is -0.163. The van der Waals surface area contributed by atoms with Crippen LogP contribution >= 0.6 is 0 Å². The highest BCUT2D eigenvalue weighted by atomic mass is 32.2. The molecule has 2 heterocycles. The third kappa shape index (κ3) is 4.51. The summed E-state index contributed by atoms with van der Waals surface area (Å²) in [5, 5.41) is 2.81. The van der Waals surface area contributed by atoms with Crippen molar-refractivity contribution in [2.24, 2.45) is 0 Å². The molecule has 170 valence electrons. The zero-order valence-electron chi connectivity index (χ0n) is 18.3. The van der Waals surface area contributed by atoms with Gasteiger partial charge in [0.1, 0.15) is 6.04 Å². The van der Waals surface area contributed by atoms with Crippen molar-refractivity contribution in [3.63, 3.8) is 0 Å². The van der Waals surface area contributed by atoms with Crippen LogP contribution in [-0.2, 0) is 21.2 Å². The molecule has 7 heteroatoms. The highest BCUT2D eigenvalue weighted by Gasteiger charge is 2.31. The second-order valence-electron chi connectivity index (χ2n) is 8.63. The summed E-state index contributed by atoms with van der Waals surface area (Å²) in [5.41, 5.74) is 1.89. The van der Waals surface area contributed by atoms with Crippen LogP contribution in [-0.4, -0.2) is 43.3 Å². The Morgan fingerprint density at radius 2 is 1.67 bits per heavy atom. The summed E-state index contributed by atoms with van der Waals surface area (Å²) in [4.78, 5) is 18.7. The van der Waals surface area contributed by atoms with Crippen molar-refractivity contribution >= 4 is 37.6 Å². The zero-order valence-corrected chi connectivity index (χ0v) is 19.1. The van der Waals surface area contributed by atoms with Gasteiger partial charge in [0.2, 0.25) is 15.9 Å². The number of sulfonamides is 1. The first kappa shape index (κ1) is 21.7. The lowest BCUT2D eigenvalue weighted by molar-refractivity contribution is -0.133. The van der Waals surface area contributed by atoms with Gasteiger partial charge in [-0.05, 0) is 60.2 Å². The first-order chi connectivity index (χ1) is 16.0. The van der Waals surface area contributed by atoms with Crippen LogP contribution in [0.2, 0.25) is 0 Å². The highest BCUT2D eigenvalue weighted by molar-refractivity contribution is 7.89. The van der Waals surface area contributed by atoms with E-state index in [9.17, 15) is 13.2 Å². The molecule has 4 aromatic rings. The number of rotatable bonds is 6. The first-order valence-corrected chi connectivity index (χ1v) is 12.8. The number of piperidine rings is 1. The van der Waals surface area contributed by atoms with Crippen molar-refractivity contribution in [2.45, 2.75) is 36.6 Å². The molecule has 2 N–H and O–H groups in total. The molecule has 0 spiro atoms. The van der Waals surface area contributed by atoms with Gasteiger partial charge in [0.25, 0.3) is 0 Å². The average Bonchev–Trinajstić information content (AvgIpc) is 3.26. The van der Waals surface area contributed by atoms with Crippen LogP contribution in [0.4, 0.5) is 0 Å². The predicted molar refractivity (Wildman–Crippen MR) is 130 cm³/mol. The molecule has 1 saturated heterocycles. The van der Waals surface area contributed by atoms with Gasteiger partial charge in [-0.15, -0.1) is 0 Å². The molecule has 33 heavy (non-hydrogen) atoms. The standard InChI is InChI=1S/C26H27N3O3S/c30-26(29-14-6-1-7-15-29)25(17-21-18-27-24-11-5-4-10-23(21)24)28-33(31,32)22-13-12-19-8-2-3-9-20(19)16-22/h2-5,8-13,16,18,25,27-28H,1,6-7,14-15,17H2. The Balaban J connectivity index is 1.47. The molecule has 0 radical (unpaired) electrons. The lowest BCUT2D eigenvalue weighted by atomic mass is 10.0. The van der Waals surface area contributed by atoms with E-state index in [1.807, 2.05) is 54.7 Å². The summed E-state index contributed by atoms with van der Waals surface area (Å²) < 4.78 is 29.5. The van der Waals surface area contributed by atoms with Gasteiger partial charge in [-0.25, -0.2) is 8.42 Å². The predicted octanol–water partition coefficient (Wildman–Crippen LogP) is 4.22. The quantitative estimate of drug-likeness (QED) is 0.451. The van der Waals surface area contributed by atoms with Crippen molar-refractivity contribution in [1.82, 2.24) is 14.6 Å².